The van der Waals surface area contributed by atoms with Crippen molar-refractivity contribution in [2.24, 2.45) is 0 Å². The maximum atomic E-state index is 0. The van der Waals surface area contributed by atoms with E-state index in [1.54, 1.807) is 0 Å². The van der Waals surface area contributed by atoms with Crippen molar-refractivity contribution in [2.45, 2.75) is 0 Å². The van der Waals surface area contributed by atoms with E-state index in [0.717, 1.165) is 0 Å². The van der Waals surface area contributed by atoms with Gasteiger partial charge in [0.2, 0.25) is 0 Å². The molecule has 0 bridgehead atoms. The molecule has 0 N–H and O–H groups in total. The molecule has 0 aliphatic heterocycles. The van der Waals surface area contributed by atoms with Crippen LogP contribution in [0.2, 0.25) is 0 Å². The van der Waals surface area contributed by atoms with Crippen LogP contribution in [0.5, 0.6) is 0 Å². The molecule has 0 nitrogen and oxygen atoms in total. The first kappa shape index (κ1) is 35.0. The zero-order valence-electron chi connectivity index (χ0n) is 1.43. The van der Waals surface area contributed by atoms with E-state index in [9.17, 15) is 0 Å². The van der Waals surface area contributed by atoms with Gasteiger partial charge in [0.05, 0.1) is 8.41 Å². The van der Waals surface area contributed by atoms with Crippen LogP contribution in [0.4, 0.5) is 0 Å². The van der Waals surface area contributed by atoms with Gasteiger partial charge in [-0.15, -0.1) is 0 Å². The van der Waals surface area contributed by atoms with Crippen LogP contribution in [0.15, 0.2) is 0 Å². The van der Waals surface area contributed by atoms with Crippen molar-refractivity contribution in [3.8, 4) is 0 Å². The summed E-state index contributed by atoms with van der Waals surface area (Å²) in [6.45, 7) is 0. The second-order valence-corrected chi connectivity index (χ2v) is 0. The van der Waals surface area contributed by atoms with Gasteiger partial charge in [-0.3, -0.25) is 0 Å². The molecule has 24 valence electrons. The Morgan fingerprint density at radius 2 is 1.00 bits per heavy atom. The molecule has 0 radical (unpaired) electrons. The van der Waals surface area contributed by atoms with Crippen LogP contribution in [-0.2, 0) is 64.9 Å². The van der Waals surface area contributed by atoms with E-state index in [0.29, 0.717) is 0 Å². The van der Waals surface area contributed by atoms with Crippen molar-refractivity contribution >= 4 is 8.41 Å². The molecule has 4 heteroatoms. The van der Waals surface area contributed by atoms with Gasteiger partial charge in [0.25, 0.3) is 0 Å². The van der Waals surface area contributed by atoms with Crippen LogP contribution in [-0.4, -0.2) is 8.41 Å². The van der Waals surface area contributed by atoms with Crippen molar-refractivity contribution in [2.75, 3.05) is 0 Å². The zero-order chi connectivity index (χ0) is 0. The van der Waals surface area contributed by atoms with E-state index < -0.39 is 0 Å². The molecular weight excluding hydrogens is 366 g/mol. The van der Waals surface area contributed by atoms with E-state index in [1.807, 2.05) is 0 Å². The van der Waals surface area contributed by atoms with E-state index in [-0.39, 0.29) is 73.3 Å². The van der Waals surface area contributed by atoms with Gasteiger partial charge >= 0.3 is 0 Å². The van der Waals surface area contributed by atoms with Gasteiger partial charge < -0.3 is 0 Å². The third kappa shape index (κ3) is 8.90. The summed E-state index contributed by atoms with van der Waals surface area (Å²) < 4.78 is 0. The Kier molecular flexibility index (Phi) is 167. The predicted octanol–water partition coefficient (Wildman–Crippen LogP) is -1.19. The Morgan fingerprint density at radius 1 is 1.00 bits per heavy atom. The third-order valence-electron chi connectivity index (χ3n) is 0. The van der Waals surface area contributed by atoms with E-state index in [2.05, 4.69) is 0 Å². The quantitative estimate of drug-likeness (QED) is 0.472. The number of hydrogen-bond acceptors (Lipinski definition) is 0. The van der Waals surface area contributed by atoms with Crippen LogP contribution >= 0.6 is 0 Å². The van der Waals surface area contributed by atoms with Crippen molar-refractivity contribution in [3.05, 3.63) is 0 Å². The van der Waals surface area contributed by atoms with Gasteiger partial charge in [0.15, 0.2) is 0 Å². The second-order valence-electron chi connectivity index (χ2n) is 0. The maximum absolute atomic E-state index is 0. The van der Waals surface area contributed by atoms with Crippen LogP contribution in [0.1, 0.15) is 0 Å². The van der Waals surface area contributed by atoms with Crippen LogP contribution in [0, 0.1) is 0 Å². The molecule has 0 rings (SSSR count). The molecule has 0 spiro atoms. The Hall–Kier alpha value is 2.17. The second kappa shape index (κ2) is 19.1. The molecule has 0 heterocycles. The van der Waals surface area contributed by atoms with Crippen molar-refractivity contribution < 1.29 is 64.9 Å². The molecule has 4 heavy (non-hydrogen) atoms. The van der Waals surface area contributed by atoms with Gasteiger partial charge in [-0.2, -0.15) is 0 Å². The molecule has 0 amide bonds. The fourth-order valence-electron chi connectivity index (χ4n) is 0. The molecule has 0 saturated heterocycles. The summed E-state index contributed by atoms with van der Waals surface area (Å²) in [5.74, 6) is 0. The first-order valence-corrected chi connectivity index (χ1v) is 0. The molecule has 0 aromatic carbocycles. The van der Waals surface area contributed by atoms with Crippen LogP contribution in [0.25, 0.3) is 0 Å². The smallest absolute Gasteiger partial charge is 0 e. The van der Waals surface area contributed by atoms with Crippen molar-refractivity contribution in [3.63, 3.8) is 0 Å². The minimum atomic E-state index is 0. The SMILES string of the molecule is B.[Cd].[Ni].[W]. The maximum Gasteiger partial charge on any atom is 0.0814 e. The molecule has 0 atom stereocenters. The van der Waals surface area contributed by atoms with Gasteiger partial charge in [0.1, 0.15) is 0 Å². The average Bonchev–Trinajstić information content (AvgIpc) is 0. The number of hydrogen-bond donors (Lipinski definition) is 0. The largest absolute Gasteiger partial charge is 0.0814 e. The summed E-state index contributed by atoms with van der Waals surface area (Å²) in [4.78, 5) is 0. The average molecular weight is 369 g/mol. The zero-order valence-corrected chi connectivity index (χ0v) is 9.39. The molecule has 0 saturated carbocycles. The van der Waals surface area contributed by atoms with Gasteiger partial charge in [0, 0.05) is 64.9 Å². The Labute approximate surface area is 72.4 Å². The molecule has 0 aromatic rings. The van der Waals surface area contributed by atoms with E-state index in [4.69, 9.17) is 0 Å². The summed E-state index contributed by atoms with van der Waals surface area (Å²) in [5, 5.41) is 0. The third-order valence-corrected chi connectivity index (χ3v) is 0. The van der Waals surface area contributed by atoms with Crippen LogP contribution in [0.3, 0.4) is 0 Å². The molecule has 0 aromatic heterocycles. The fraction of sp³-hybridized carbons (Fsp3) is 0. The van der Waals surface area contributed by atoms with E-state index in [1.165, 1.54) is 0 Å². The molecule has 0 aliphatic rings. The van der Waals surface area contributed by atoms with Gasteiger partial charge in [-0.05, 0) is 0 Å². The summed E-state index contributed by atoms with van der Waals surface area (Å²) in [6, 6.07) is 0. The monoisotopic (exact) mass is 370 g/mol. The molecule has 0 aliphatic carbocycles. The normalized spacial score (nSPS) is 0. The van der Waals surface area contributed by atoms with Crippen LogP contribution < -0.4 is 0 Å². The van der Waals surface area contributed by atoms with Crippen molar-refractivity contribution in [1.29, 1.82) is 0 Å². The first-order valence-electron chi connectivity index (χ1n) is 0. The molecular formula is H3BCdNiW. The fourth-order valence-corrected chi connectivity index (χ4v) is 0. The Bertz CT molecular complexity index is 8.00. The van der Waals surface area contributed by atoms with Crippen molar-refractivity contribution in [1.82, 2.24) is 0 Å². The summed E-state index contributed by atoms with van der Waals surface area (Å²) in [6.07, 6.45) is 0. The molecule has 0 fully saturated rings. The first-order chi connectivity index (χ1) is 0. The summed E-state index contributed by atoms with van der Waals surface area (Å²) in [7, 11) is 0. The van der Waals surface area contributed by atoms with E-state index >= 15 is 0 Å². The molecule has 0 unspecified atom stereocenters. The standard InChI is InChI=1S/BH3.Cd.Ni.W/h1H3;;;. The minimum Gasteiger partial charge on any atom is 0 e. The van der Waals surface area contributed by atoms with Gasteiger partial charge in [-0.1, -0.05) is 0 Å². The predicted molar refractivity (Wildman–Crippen MR) is 9.94 cm³/mol. The Balaban J connectivity index is 0. The Morgan fingerprint density at radius 3 is 1.00 bits per heavy atom. The number of rotatable bonds is 0. The topological polar surface area (TPSA) is 0 Å². The summed E-state index contributed by atoms with van der Waals surface area (Å²) >= 11 is 0. The van der Waals surface area contributed by atoms with Gasteiger partial charge in [-0.25, -0.2) is 0 Å². The summed E-state index contributed by atoms with van der Waals surface area (Å²) in [5.41, 5.74) is 0. The minimum absolute atomic E-state index is 0.